The van der Waals surface area contributed by atoms with Crippen LogP contribution in [0.3, 0.4) is 0 Å². The maximum absolute atomic E-state index is 13.6. The number of hydrogen-bond acceptors (Lipinski definition) is 2. The average molecular weight is 285 g/mol. The highest BCUT2D eigenvalue weighted by Crippen LogP contribution is 2.24. The molecule has 0 atom stereocenters. The minimum absolute atomic E-state index is 0.0312. The number of hydrogen-bond donors (Lipinski definition) is 1. The molecule has 0 radical (unpaired) electrons. The molecule has 5 heteroatoms. The lowest BCUT2D eigenvalue weighted by molar-refractivity contribution is 0.266. The van der Waals surface area contributed by atoms with Crippen LogP contribution in [0.4, 0.5) is 8.78 Å². The molecule has 0 spiro atoms. The standard InChI is InChI=1S/C14H11ClF2O2/c15-11-3-1-9(2-4-11)8-19-14-12(16)5-10(7-18)6-13(14)17/h1-6,18H,7-8H2. The van der Waals surface area contributed by atoms with Crippen LogP contribution in [-0.4, -0.2) is 5.11 Å². The van der Waals surface area contributed by atoms with E-state index in [-0.39, 0.29) is 12.2 Å². The summed E-state index contributed by atoms with van der Waals surface area (Å²) in [5.41, 5.74) is 0.906. The summed E-state index contributed by atoms with van der Waals surface area (Å²) < 4.78 is 32.3. The van der Waals surface area contributed by atoms with E-state index >= 15 is 0 Å². The van der Waals surface area contributed by atoms with Crippen LogP contribution in [0.15, 0.2) is 36.4 Å². The van der Waals surface area contributed by atoms with Crippen molar-refractivity contribution >= 4 is 11.6 Å². The van der Waals surface area contributed by atoms with Gasteiger partial charge in [-0.15, -0.1) is 0 Å². The first-order chi connectivity index (χ1) is 9.10. The van der Waals surface area contributed by atoms with Crippen LogP contribution in [0.25, 0.3) is 0 Å². The zero-order valence-corrected chi connectivity index (χ0v) is 10.6. The first kappa shape index (κ1) is 13.8. The summed E-state index contributed by atoms with van der Waals surface area (Å²) in [4.78, 5) is 0. The van der Waals surface area contributed by atoms with Crippen molar-refractivity contribution in [2.75, 3.05) is 0 Å². The Morgan fingerprint density at radius 2 is 1.58 bits per heavy atom. The molecule has 0 aliphatic rings. The van der Waals surface area contributed by atoms with Crippen molar-refractivity contribution in [2.45, 2.75) is 13.2 Å². The van der Waals surface area contributed by atoms with Gasteiger partial charge in [-0.2, -0.15) is 0 Å². The van der Waals surface area contributed by atoms with E-state index < -0.39 is 24.0 Å². The minimum atomic E-state index is -0.835. The van der Waals surface area contributed by atoms with Crippen molar-refractivity contribution < 1.29 is 18.6 Å². The van der Waals surface area contributed by atoms with E-state index in [1.807, 2.05) is 0 Å². The Bertz CT molecular complexity index is 547. The van der Waals surface area contributed by atoms with Gasteiger partial charge in [0.1, 0.15) is 6.61 Å². The highest BCUT2D eigenvalue weighted by Gasteiger charge is 2.12. The highest BCUT2D eigenvalue weighted by molar-refractivity contribution is 6.30. The Balaban J connectivity index is 2.13. The third-order valence-corrected chi connectivity index (χ3v) is 2.79. The molecule has 0 heterocycles. The lowest BCUT2D eigenvalue weighted by Gasteiger charge is -2.09. The fourth-order valence-electron chi connectivity index (χ4n) is 1.58. The van der Waals surface area contributed by atoms with E-state index in [0.717, 1.165) is 17.7 Å². The molecule has 0 fully saturated rings. The second kappa shape index (κ2) is 5.99. The Labute approximate surface area is 114 Å². The molecule has 0 saturated carbocycles. The normalized spacial score (nSPS) is 10.5. The van der Waals surface area contributed by atoms with Gasteiger partial charge in [0.25, 0.3) is 0 Å². The zero-order chi connectivity index (χ0) is 13.8. The van der Waals surface area contributed by atoms with Gasteiger partial charge in [0.05, 0.1) is 6.61 Å². The SMILES string of the molecule is OCc1cc(F)c(OCc2ccc(Cl)cc2)c(F)c1. The molecular formula is C14H11ClF2O2. The van der Waals surface area contributed by atoms with Gasteiger partial charge in [0.15, 0.2) is 17.4 Å². The number of aliphatic hydroxyl groups is 1. The van der Waals surface area contributed by atoms with Crippen molar-refractivity contribution in [2.24, 2.45) is 0 Å². The number of ether oxygens (including phenoxy) is 1. The minimum Gasteiger partial charge on any atom is -0.483 e. The van der Waals surface area contributed by atoms with Crippen molar-refractivity contribution in [3.63, 3.8) is 0 Å². The lowest BCUT2D eigenvalue weighted by Crippen LogP contribution is -2.01. The molecule has 0 bridgehead atoms. The molecular weight excluding hydrogens is 274 g/mol. The van der Waals surface area contributed by atoms with Crippen molar-refractivity contribution in [1.29, 1.82) is 0 Å². The molecule has 0 aliphatic carbocycles. The van der Waals surface area contributed by atoms with Crippen LogP contribution < -0.4 is 4.74 Å². The van der Waals surface area contributed by atoms with Gasteiger partial charge in [0.2, 0.25) is 0 Å². The topological polar surface area (TPSA) is 29.5 Å². The van der Waals surface area contributed by atoms with Crippen LogP contribution in [0.1, 0.15) is 11.1 Å². The van der Waals surface area contributed by atoms with Gasteiger partial charge in [-0.3, -0.25) is 0 Å². The van der Waals surface area contributed by atoms with E-state index in [1.54, 1.807) is 24.3 Å². The van der Waals surface area contributed by atoms with E-state index in [9.17, 15) is 8.78 Å². The van der Waals surface area contributed by atoms with Gasteiger partial charge >= 0.3 is 0 Å². The first-order valence-electron chi connectivity index (χ1n) is 5.56. The van der Waals surface area contributed by atoms with Gasteiger partial charge < -0.3 is 9.84 Å². The maximum atomic E-state index is 13.6. The fraction of sp³-hybridized carbons (Fsp3) is 0.143. The summed E-state index contributed by atoms with van der Waals surface area (Å²) in [6.45, 7) is -0.394. The summed E-state index contributed by atoms with van der Waals surface area (Å²) in [6.07, 6.45) is 0. The number of halogens is 3. The van der Waals surface area contributed by atoms with Crippen LogP contribution in [-0.2, 0) is 13.2 Å². The van der Waals surface area contributed by atoms with Gasteiger partial charge in [-0.05, 0) is 35.4 Å². The third kappa shape index (κ3) is 3.43. The Morgan fingerprint density at radius 1 is 1.00 bits per heavy atom. The molecule has 0 amide bonds. The van der Waals surface area contributed by atoms with Crippen molar-refractivity contribution in [3.8, 4) is 5.75 Å². The Morgan fingerprint density at radius 3 is 2.11 bits per heavy atom. The van der Waals surface area contributed by atoms with Crippen molar-refractivity contribution in [1.82, 2.24) is 0 Å². The molecule has 2 aromatic rings. The average Bonchev–Trinajstić information content (AvgIpc) is 2.39. The van der Waals surface area contributed by atoms with E-state index in [1.165, 1.54) is 0 Å². The second-order valence-corrected chi connectivity index (χ2v) is 4.40. The number of aliphatic hydroxyl groups excluding tert-OH is 1. The number of benzene rings is 2. The summed E-state index contributed by atoms with van der Waals surface area (Å²) >= 11 is 5.73. The van der Waals surface area contributed by atoms with Crippen LogP contribution in [0.5, 0.6) is 5.75 Å². The molecule has 100 valence electrons. The Kier molecular flexibility index (Phi) is 4.35. The molecule has 0 saturated heterocycles. The number of rotatable bonds is 4. The summed E-state index contributed by atoms with van der Waals surface area (Å²) in [5, 5.41) is 9.40. The molecule has 2 nitrogen and oxygen atoms in total. The summed E-state index contributed by atoms with van der Waals surface area (Å²) in [7, 11) is 0. The third-order valence-electron chi connectivity index (χ3n) is 2.54. The molecule has 2 aromatic carbocycles. The Hall–Kier alpha value is -1.65. The van der Waals surface area contributed by atoms with Gasteiger partial charge in [0, 0.05) is 5.02 Å². The largest absolute Gasteiger partial charge is 0.483 e. The quantitative estimate of drug-likeness (QED) is 0.928. The molecule has 0 aliphatic heterocycles. The fourth-order valence-corrected chi connectivity index (χ4v) is 1.70. The van der Waals surface area contributed by atoms with Gasteiger partial charge in [-0.1, -0.05) is 23.7 Å². The van der Waals surface area contributed by atoms with E-state index in [0.29, 0.717) is 5.02 Å². The highest BCUT2D eigenvalue weighted by atomic mass is 35.5. The summed E-state index contributed by atoms with van der Waals surface area (Å²) in [6, 6.07) is 8.84. The summed E-state index contributed by atoms with van der Waals surface area (Å²) in [5.74, 6) is -2.12. The van der Waals surface area contributed by atoms with E-state index in [4.69, 9.17) is 21.4 Å². The lowest BCUT2D eigenvalue weighted by atomic mass is 10.2. The van der Waals surface area contributed by atoms with Gasteiger partial charge in [-0.25, -0.2) is 8.78 Å². The molecule has 1 N–H and O–H groups in total. The predicted molar refractivity (Wildman–Crippen MR) is 68.1 cm³/mol. The monoisotopic (exact) mass is 284 g/mol. The molecule has 0 unspecified atom stereocenters. The molecule has 2 rings (SSSR count). The zero-order valence-electron chi connectivity index (χ0n) is 9.87. The van der Waals surface area contributed by atoms with Crippen molar-refractivity contribution in [3.05, 3.63) is 64.2 Å². The van der Waals surface area contributed by atoms with E-state index in [2.05, 4.69) is 0 Å². The maximum Gasteiger partial charge on any atom is 0.191 e. The molecule has 19 heavy (non-hydrogen) atoms. The van der Waals surface area contributed by atoms with Crippen LogP contribution in [0, 0.1) is 11.6 Å². The van der Waals surface area contributed by atoms with Crippen LogP contribution >= 0.6 is 11.6 Å². The first-order valence-corrected chi connectivity index (χ1v) is 5.94. The predicted octanol–water partition coefficient (Wildman–Crippen LogP) is 3.69. The molecule has 0 aromatic heterocycles. The second-order valence-electron chi connectivity index (χ2n) is 3.96. The van der Waals surface area contributed by atoms with Crippen LogP contribution in [0.2, 0.25) is 5.02 Å². The smallest absolute Gasteiger partial charge is 0.191 e.